The van der Waals surface area contributed by atoms with Crippen LogP contribution in [0.4, 0.5) is 11.8 Å². The van der Waals surface area contributed by atoms with Gasteiger partial charge in [-0.05, 0) is 18.6 Å². The van der Waals surface area contributed by atoms with E-state index in [1.54, 1.807) is 32.4 Å². The Morgan fingerprint density at radius 2 is 1.82 bits per heavy atom. The predicted molar refractivity (Wildman–Crippen MR) is 110 cm³/mol. The number of carbonyl (C=O) groups excluding carboxylic acids is 1. The SMILES string of the molecule is CCCC=CC(=O)N1CCN(c2nc(N)c3cc(OC)c(OC)cc3n2)CC1. The van der Waals surface area contributed by atoms with Gasteiger partial charge in [0.25, 0.3) is 0 Å². The summed E-state index contributed by atoms with van der Waals surface area (Å²) in [5, 5.41) is 0.719. The lowest BCUT2D eigenvalue weighted by molar-refractivity contribution is -0.126. The van der Waals surface area contributed by atoms with Gasteiger partial charge in [-0.2, -0.15) is 4.98 Å². The number of allylic oxidation sites excluding steroid dienone is 1. The molecule has 2 heterocycles. The summed E-state index contributed by atoms with van der Waals surface area (Å²) in [7, 11) is 3.16. The van der Waals surface area contributed by atoms with Gasteiger partial charge in [0.15, 0.2) is 11.5 Å². The molecule has 28 heavy (non-hydrogen) atoms. The number of fused-ring (bicyclic) bond motifs is 1. The molecule has 0 radical (unpaired) electrons. The van der Waals surface area contributed by atoms with E-state index in [9.17, 15) is 4.79 Å². The zero-order valence-corrected chi connectivity index (χ0v) is 16.6. The lowest BCUT2D eigenvalue weighted by atomic mass is 10.2. The van der Waals surface area contributed by atoms with Gasteiger partial charge in [-0.3, -0.25) is 4.79 Å². The number of benzene rings is 1. The van der Waals surface area contributed by atoms with Gasteiger partial charge in [0, 0.05) is 37.6 Å². The number of unbranched alkanes of at least 4 members (excludes halogenated alkanes) is 1. The van der Waals surface area contributed by atoms with Gasteiger partial charge in [-0.25, -0.2) is 4.98 Å². The highest BCUT2D eigenvalue weighted by Crippen LogP contribution is 2.34. The van der Waals surface area contributed by atoms with E-state index in [4.69, 9.17) is 15.2 Å². The zero-order valence-electron chi connectivity index (χ0n) is 16.6. The Balaban J connectivity index is 1.77. The Morgan fingerprint density at radius 1 is 1.14 bits per heavy atom. The van der Waals surface area contributed by atoms with Crippen LogP contribution in [0, 0.1) is 0 Å². The van der Waals surface area contributed by atoms with Crippen LogP contribution in [0.25, 0.3) is 10.9 Å². The Morgan fingerprint density at radius 3 is 2.46 bits per heavy atom. The topological polar surface area (TPSA) is 93.8 Å². The molecule has 1 fully saturated rings. The third-order valence-electron chi connectivity index (χ3n) is 4.81. The summed E-state index contributed by atoms with van der Waals surface area (Å²) >= 11 is 0. The molecule has 1 aromatic heterocycles. The van der Waals surface area contributed by atoms with Gasteiger partial charge in [0.1, 0.15) is 5.82 Å². The van der Waals surface area contributed by atoms with Crippen LogP contribution in [0.5, 0.6) is 11.5 Å². The van der Waals surface area contributed by atoms with E-state index < -0.39 is 0 Å². The van der Waals surface area contributed by atoms with E-state index in [2.05, 4.69) is 16.9 Å². The van der Waals surface area contributed by atoms with E-state index in [0.29, 0.717) is 55.0 Å². The molecule has 0 unspecified atom stereocenters. The fraction of sp³-hybridized carbons (Fsp3) is 0.450. The van der Waals surface area contributed by atoms with E-state index >= 15 is 0 Å². The van der Waals surface area contributed by atoms with Crippen molar-refractivity contribution < 1.29 is 14.3 Å². The first-order valence-corrected chi connectivity index (χ1v) is 9.47. The first kappa shape index (κ1) is 19.7. The smallest absolute Gasteiger partial charge is 0.246 e. The van der Waals surface area contributed by atoms with Crippen LogP contribution in [0.2, 0.25) is 0 Å². The average Bonchev–Trinajstić information content (AvgIpc) is 2.73. The summed E-state index contributed by atoms with van der Waals surface area (Å²) < 4.78 is 10.7. The summed E-state index contributed by atoms with van der Waals surface area (Å²) in [6, 6.07) is 3.58. The molecule has 0 spiro atoms. The number of nitrogens with zero attached hydrogens (tertiary/aromatic N) is 4. The summed E-state index contributed by atoms with van der Waals surface area (Å²) in [4.78, 5) is 25.2. The number of carbonyl (C=O) groups is 1. The number of nitrogens with two attached hydrogens (primary N) is 1. The van der Waals surface area contributed by atoms with Crippen molar-refractivity contribution in [3.05, 3.63) is 24.3 Å². The van der Waals surface area contributed by atoms with E-state index in [-0.39, 0.29) is 5.91 Å². The molecule has 0 bridgehead atoms. The molecule has 0 atom stereocenters. The Bertz CT molecular complexity index is 876. The molecular weight excluding hydrogens is 358 g/mol. The van der Waals surface area contributed by atoms with Crippen LogP contribution in [-0.2, 0) is 4.79 Å². The molecule has 2 aromatic rings. The summed E-state index contributed by atoms with van der Waals surface area (Å²) in [5.41, 5.74) is 6.87. The standard InChI is InChI=1S/C20H27N5O3/c1-4-5-6-7-18(26)24-8-10-25(11-9-24)20-22-15-13-17(28-3)16(27-2)12-14(15)19(21)23-20/h6-7,12-13H,4-5,8-11H2,1-3H3,(H2,21,22,23). The first-order valence-electron chi connectivity index (χ1n) is 9.47. The minimum Gasteiger partial charge on any atom is -0.493 e. The van der Waals surface area contributed by atoms with E-state index in [1.807, 2.05) is 15.9 Å². The molecule has 0 saturated carbocycles. The minimum atomic E-state index is 0.0591. The van der Waals surface area contributed by atoms with Gasteiger partial charge < -0.3 is 25.0 Å². The Labute approximate surface area is 164 Å². The number of ether oxygens (including phenoxy) is 2. The maximum atomic E-state index is 12.2. The van der Waals surface area contributed by atoms with Gasteiger partial charge in [0.05, 0.1) is 19.7 Å². The van der Waals surface area contributed by atoms with Crippen LogP contribution >= 0.6 is 0 Å². The fourth-order valence-corrected chi connectivity index (χ4v) is 3.19. The van der Waals surface area contributed by atoms with Crippen molar-refractivity contribution in [1.29, 1.82) is 0 Å². The number of hydrogen-bond donors (Lipinski definition) is 1. The first-order chi connectivity index (χ1) is 13.6. The van der Waals surface area contributed by atoms with Crippen molar-refractivity contribution in [1.82, 2.24) is 14.9 Å². The number of piperazine rings is 1. The molecule has 1 aliphatic heterocycles. The number of rotatable bonds is 6. The van der Waals surface area contributed by atoms with Crippen LogP contribution in [0.15, 0.2) is 24.3 Å². The van der Waals surface area contributed by atoms with Crippen molar-refractivity contribution in [2.75, 3.05) is 51.0 Å². The third kappa shape index (κ3) is 4.11. The zero-order chi connectivity index (χ0) is 20.1. The van der Waals surface area contributed by atoms with Crippen molar-refractivity contribution in [3.8, 4) is 11.5 Å². The number of anilines is 2. The molecule has 2 N–H and O–H groups in total. The second-order valence-corrected chi connectivity index (χ2v) is 6.64. The monoisotopic (exact) mass is 385 g/mol. The maximum absolute atomic E-state index is 12.2. The van der Waals surface area contributed by atoms with Gasteiger partial charge in [0.2, 0.25) is 11.9 Å². The number of hydrogen-bond acceptors (Lipinski definition) is 7. The minimum absolute atomic E-state index is 0.0591. The molecular formula is C20H27N5O3. The van der Waals surface area contributed by atoms with Crippen molar-refractivity contribution in [3.63, 3.8) is 0 Å². The lowest BCUT2D eigenvalue weighted by Crippen LogP contribution is -2.48. The van der Waals surface area contributed by atoms with Crippen molar-refractivity contribution in [2.45, 2.75) is 19.8 Å². The molecule has 1 aliphatic rings. The van der Waals surface area contributed by atoms with Crippen LogP contribution in [-0.4, -0.2) is 61.2 Å². The number of methoxy groups -OCH3 is 2. The number of amides is 1. The third-order valence-corrected chi connectivity index (χ3v) is 4.81. The highest BCUT2D eigenvalue weighted by Gasteiger charge is 2.22. The average molecular weight is 385 g/mol. The largest absolute Gasteiger partial charge is 0.493 e. The molecule has 8 heteroatoms. The number of aromatic nitrogens is 2. The molecule has 1 amide bonds. The second-order valence-electron chi connectivity index (χ2n) is 6.64. The lowest BCUT2D eigenvalue weighted by Gasteiger charge is -2.34. The quantitative estimate of drug-likeness (QED) is 0.762. The van der Waals surface area contributed by atoms with E-state index in [1.165, 1.54) is 0 Å². The predicted octanol–water partition coefficient (Wildman–Crippen LogP) is 2.23. The normalized spacial score (nSPS) is 14.7. The molecule has 1 saturated heterocycles. The van der Waals surface area contributed by atoms with Gasteiger partial charge >= 0.3 is 0 Å². The maximum Gasteiger partial charge on any atom is 0.246 e. The molecule has 150 valence electrons. The Kier molecular flexibility index (Phi) is 6.18. The van der Waals surface area contributed by atoms with Crippen LogP contribution < -0.4 is 20.1 Å². The molecule has 0 aliphatic carbocycles. The Hall–Kier alpha value is -3.03. The van der Waals surface area contributed by atoms with E-state index in [0.717, 1.165) is 18.2 Å². The highest BCUT2D eigenvalue weighted by atomic mass is 16.5. The number of nitrogen functional groups attached to an aromatic ring is 1. The van der Waals surface area contributed by atoms with Crippen molar-refractivity contribution in [2.24, 2.45) is 0 Å². The van der Waals surface area contributed by atoms with Gasteiger partial charge in [-0.15, -0.1) is 0 Å². The van der Waals surface area contributed by atoms with Crippen LogP contribution in [0.1, 0.15) is 19.8 Å². The fourth-order valence-electron chi connectivity index (χ4n) is 3.19. The highest BCUT2D eigenvalue weighted by molar-refractivity contribution is 5.92. The molecule has 8 nitrogen and oxygen atoms in total. The molecule has 1 aromatic carbocycles. The van der Waals surface area contributed by atoms with Crippen LogP contribution in [0.3, 0.4) is 0 Å². The van der Waals surface area contributed by atoms with Gasteiger partial charge in [-0.1, -0.05) is 19.4 Å². The molecule has 3 rings (SSSR count). The summed E-state index contributed by atoms with van der Waals surface area (Å²) in [6.45, 7) is 4.66. The second kappa shape index (κ2) is 8.77. The summed E-state index contributed by atoms with van der Waals surface area (Å²) in [6.07, 6.45) is 5.56. The van der Waals surface area contributed by atoms with Crippen molar-refractivity contribution >= 4 is 28.6 Å². The summed E-state index contributed by atoms with van der Waals surface area (Å²) in [5.74, 6) is 2.19.